The summed E-state index contributed by atoms with van der Waals surface area (Å²) in [5.41, 5.74) is 2.65. The van der Waals surface area contributed by atoms with Gasteiger partial charge >= 0.3 is 0 Å². The summed E-state index contributed by atoms with van der Waals surface area (Å²) in [6, 6.07) is 11.6. The van der Waals surface area contributed by atoms with E-state index in [0.29, 0.717) is 0 Å². The zero-order valence-electron chi connectivity index (χ0n) is 12.0. The first-order valence-corrected chi connectivity index (χ1v) is 7.34. The highest BCUT2D eigenvalue weighted by atomic mass is 16.1. The summed E-state index contributed by atoms with van der Waals surface area (Å²) in [6.07, 6.45) is 6.53. The Bertz CT molecular complexity index is 532. The highest BCUT2D eigenvalue weighted by Gasteiger charge is 2.11. The molecule has 3 nitrogen and oxygen atoms in total. The molecule has 0 aliphatic heterocycles. The predicted molar refractivity (Wildman–Crippen MR) is 82.7 cm³/mol. The lowest BCUT2D eigenvalue weighted by Crippen LogP contribution is -2.25. The van der Waals surface area contributed by atoms with Crippen molar-refractivity contribution in [2.45, 2.75) is 32.6 Å². The molecule has 0 aliphatic carbocycles. The topological polar surface area (TPSA) is 44.9 Å². The van der Waals surface area contributed by atoms with Crippen LogP contribution in [0.2, 0.25) is 0 Å². The summed E-state index contributed by atoms with van der Waals surface area (Å²) in [7, 11) is 0. The van der Waals surface area contributed by atoms with Gasteiger partial charge in [-0.15, -0.1) is 0 Å². The van der Waals surface area contributed by atoms with Crippen LogP contribution in [0.3, 0.4) is 0 Å². The second kappa shape index (κ2) is 7.53. The van der Waals surface area contributed by atoms with E-state index in [9.17, 15) is 4.79 Å². The molecule has 3 heteroatoms. The number of hydrogen-bond donors (Lipinski definition) is 2. The molecule has 20 heavy (non-hydrogen) atoms. The predicted octanol–water partition coefficient (Wildman–Crippen LogP) is 3.99. The average molecular weight is 270 g/mol. The quantitative estimate of drug-likeness (QED) is 0.734. The van der Waals surface area contributed by atoms with E-state index in [-0.39, 0.29) is 5.91 Å². The number of amides is 1. The molecule has 0 saturated carbocycles. The number of hydrogen-bond acceptors (Lipinski definition) is 1. The first kappa shape index (κ1) is 14.4. The number of carbonyl (C=O) groups is 1. The molecule has 2 rings (SSSR count). The largest absolute Gasteiger partial charge is 0.361 e. The van der Waals surface area contributed by atoms with Crippen LogP contribution in [0.5, 0.6) is 0 Å². The van der Waals surface area contributed by atoms with E-state index in [1.54, 1.807) is 0 Å². The summed E-state index contributed by atoms with van der Waals surface area (Å²) in [5.74, 6) is 0.00620. The van der Waals surface area contributed by atoms with Crippen LogP contribution in [-0.2, 0) is 0 Å². The highest BCUT2D eigenvalue weighted by Crippen LogP contribution is 2.21. The summed E-state index contributed by atoms with van der Waals surface area (Å²) >= 11 is 0. The molecule has 0 atom stereocenters. The lowest BCUT2D eigenvalue weighted by molar-refractivity contribution is 0.0953. The van der Waals surface area contributed by atoms with Gasteiger partial charge in [0.1, 0.15) is 0 Å². The fourth-order valence-electron chi connectivity index (χ4n) is 2.26. The van der Waals surface area contributed by atoms with Crippen molar-refractivity contribution < 1.29 is 4.79 Å². The van der Waals surface area contributed by atoms with Crippen molar-refractivity contribution in [1.29, 1.82) is 0 Å². The van der Waals surface area contributed by atoms with Gasteiger partial charge < -0.3 is 10.3 Å². The molecule has 0 aliphatic rings. The minimum atomic E-state index is 0.00620. The van der Waals surface area contributed by atoms with Crippen molar-refractivity contribution in [1.82, 2.24) is 10.3 Å². The van der Waals surface area contributed by atoms with Gasteiger partial charge in [-0.05, 0) is 24.6 Å². The number of unbranched alkanes of at least 4 members (excludes halogenated alkanes) is 3. The van der Waals surface area contributed by atoms with Crippen LogP contribution in [0, 0.1) is 0 Å². The van der Waals surface area contributed by atoms with E-state index in [1.165, 1.54) is 19.3 Å². The maximum Gasteiger partial charge on any atom is 0.251 e. The van der Waals surface area contributed by atoms with Crippen LogP contribution in [0.4, 0.5) is 0 Å². The molecule has 2 aromatic rings. The van der Waals surface area contributed by atoms with E-state index in [4.69, 9.17) is 0 Å². The fourth-order valence-corrected chi connectivity index (χ4v) is 2.26. The Balaban J connectivity index is 2.00. The van der Waals surface area contributed by atoms with E-state index >= 15 is 0 Å². The molecule has 1 heterocycles. The summed E-state index contributed by atoms with van der Waals surface area (Å²) in [6.45, 7) is 2.93. The third-order valence-corrected chi connectivity index (χ3v) is 3.38. The monoisotopic (exact) mass is 270 g/mol. The molecule has 1 amide bonds. The van der Waals surface area contributed by atoms with Gasteiger partial charge in [-0.3, -0.25) is 4.79 Å². The normalized spacial score (nSPS) is 10.4. The van der Waals surface area contributed by atoms with Crippen LogP contribution in [0.25, 0.3) is 11.3 Å². The maximum atomic E-state index is 12.3. The Morgan fingerprint density at radius 2 is 1.95 bits per heavy atom. The lowest BCUT2D eigenvalue weighted by Gasteiger charge is -2.09. The standard InChI is InChI=1S/C17H22N2O/c1-2-3-4-7-12-19-17(20)15-10-6-5-9-14(15)16-11-8-13-18-16/h5-6,8-11,13,18H,2-4,7,12H2,1H3,(H,19,20). The first-order valence-electron chi connectivity index (χ1n) is 7.34. The van der Waals surface area contributed by atoms with Gasteiger partial charge in [-0.2, -0.15) is 0 Å². The van der Waals surface area contributed by atoms with Crippen LogP contribution >= 0.6 is 0 Å². The Labute approximate surface area is 120 Å². The Morgan fingerprint density at radius 1 is 1.10 bits per heavy atom. The van der Waals surface area contributed by atoms with Gasteiger partial charge in [0.15, 0.2) is 0 Å². The van der Waals surface area contributed by atoms with E-state index in [0.717, 1.165) is 29.8 Å². The lowest BCUT2D eigenvalue weighted by atomic mass is 10.0. The zero-order chi connectivity index (χ0) is 14.2. The maximum absolute atomic E-state index is 12.3. The summed E-state index contributed by atoms with van der Waals surface area (Å²) in [5, 5.41) is 3.01. The molecule has 0 radical (unpaired) electrons. The van der Waals surface area contributed by atoms with Crippen molar-refractivity contribution >= 4 is 5.91 Å². The number of carbonyl (C=O) groups excluding carboxylic acids is 1. The number of benzene rings is 1. The molecule has 1 aromatic carbocycles. The summed E-state index contributed by atoms with van der Waals surface area (Å²) < 4.78 is 0. The molecular weight excluding hydrogens is 248 g/mol. The Kier molecular flexibility index (Phi) is 5.42. The van der Waals surface area contributed by atoms with Gasteiger partial charge in [0.05, 0.1) is 0 Å². The first-order chi connectivity index (χ1) is 9.83. The summed E-state index contributed by atoms with van der Waals surface area (Å²) in [4.78, 5) is 15.4. The second-order valence-corrected chi connectivity index (χ2v) is 4.95. The minimum Gasteiger partial charge on any atom is -0.361 e. The third kappa shape index (κ3) is 3.73. The van der Waals surface area contributed by atoms with Gasteiger partial charge in [-0.25, -0.2) is 0 Å². The van der Waals surface area contributed by atoms with Crippen molar-refractivity contribution in [3.63, 3.8) is 0 Å². The van der Waals surface area contributed by atoms with Gasteiger partial charge in [-0.1, -0.05) is 44.4 Å². The Hall–Kier alpha value is -2.03. The van der Waals surface area contributed by atoms with Crippen molar-refractivity contribution in [2.24, 2.45) is 0 Å². The molecule has 1 aromatic heterocycles. The number of aromatic amines is 1. The van der Waals surface area contributed by atoms with Crippen LogP contribution < -0.4 is 5.32 Å². The molecule has 106 valence electrons. The zero-order valence-corrected chi connectivity index (χ0v) is 12.0. The van der Waals surface area contributed by atoms with Crippen molar-refractivity contribution in [3.05, 3.63) is 48.2 Å². The van der Waals surface area contributed by atoms with Crippen molar-refractivity contribution in [2.75, 3.05) is 6.54 Å². The van der Waals surface area contributed by atoms with E-state index < -0.39 is 0 Å². The van der Waals surface area contributed by atoms with E-state index in [2.05, 4.69) is 17.2 Å². The number of rotatable bonds is 7. The van der Waals surface area contributed by atoms with Gasteiger partial charge in [0.2, 0.25) is 0 Å². The average Bonchev–Trinajstić information content (AvgIpc) is 3.01. The van der Waals surface area contributed by atoms with Crippen molar-refractivity contribution in [3.8, 4) is 11.3 Å². The fraction of sp³-hybridized carbons (Fsp3) is 0.353. The molecular formula is C17H22N2O. The Morgan fingerprint density at radius 3 is 2.70 bits per heavy atom. The van der Waals surface area contributed by atoms with Crippen LogP contribution in [-0.4, -0.2) is 17.4 Å². The molecule has 0 unspecified atom stereocenters. The molecule has 0 saturated heterocycles. The molecule has 2 N–H and O–H groups in total. The van der Waals surface area contributed by atoms with Gasteiger partial charge in [0.25, 0.3) is 5.91 Å². The minimum absolute atomic E-state index is 0.00620. The van der Waals surface area contributed by atoms with Crippen LogP contribution in [0.1, 0.15) is 43.0 Å². The number of nitrogens with one attached hydrogen (secondary N) is 2. The SMILES string of the molecule is CCCCCCNC(=O)c1ccccc1-c1ccc[nH]1. The molecule has 0 fully saturated rings. The van der Waals surface area contributed by atoms with Crippen LogP contribution in [0.15, 0.2) is 42.6 Å². The number of H-pyrrole nitrogens is 1. The second-order valence-electron chi connectivity index (χ2n) is 4.95. The van der Waals surface area contributed by atoms with E-state index in [1.807, 2.05) is 42.6 Å². The molecule has 0 bridgehead atoms. The number of aromatic nitrogens is 1. The highest BCUT2D eigenvalue weighted by molar-refractivity contribution is 6.00. The van der Waals surface area contributed by atoms with Gasteiger partial charge in [0, 0.05) is 29.6 Å². The molecule has 0 spiro atoms. The smallest absolute Gasteiger partial charge is 0.251 e. The third-order valence-electron chi connectivity index (χ3n) is 3.38.